The Hall–Kier alpha value is -1.16. The van der Waals surface area contributed by atoms with Crippen LogP contribution in [-0.4, -0.2) is 4.98 Å². The second-order valence-corrected chi connectivity index (χ2v) is 3.64. The van der Waals surface area contributed by atoms with Gasteiger partial charge in [0.2, 0.25) is 0 Å². The maximum atomic E-state index is 13.2. The molecule has 0 aliphatic rings. The second kappa shape index (κ2) is 3.53. The van der Waals surface area contributed by atoms with Gasteiger partial charge in [0.25, 0.3) is 0 Å². The number of hydrogen-bond acceptors (Lipinski definition) is 2. The Bertz CT molecular complexity index is 467. The van der Waals surface area contributed by atoms with Crippen LogP contribution in [-0.2, 0) is 0 Å². The normalized spacial score (nSPS) is 10.5. The lowest BCUT2D eigenvalue weighted by Crippen LogP contribution is -1.81. The van der Waals surface area contributed by atoms with Gasteiger partial charge >= 0.3 is 0 Å². The summed E-state index contributed by atoms with van der Waals surface area (Å²) in [6.07, 6.45) is 1.58. The molecule has 0 aliphatic heterocycles. The number of hydrogen-bond donors (Lipinski definition) is 0. The van der Waals surface area contributed by atoms with Gasteiger partial charge in [-0.25, -0.2) is 9.37 Å². The van der Waals surface area contributed by atoms with Crippen LogP contribution in [0, 0.1) is 12.7 Å². The molecular formula is C10H7BrFNO. The Morgan fingerprint density at radius 3 is 2.86 bits per heavy atom. The van der Waals surface area contributed by atoms with E-state index in [9.17, 15) is 4.39 Å². The summed E-state index contributed by atoms with van der Waals surface area (Å²) in [5.74, 6) is 0.821. The number of nitrogens with zero attached hydrogens (tertiary/aromatic N) is 1. The standard InChI is InChI=1S/C10H7BrFNO/c1-6-13-5-9(14-6)7-3-2-4-8(12)10(7)11/h2-5H,1H3. The van der Waals surface area contributed by atoms with Crippen molar-refractivity contribution in [1.29, 1.82) is 0 Å². The zero-order valence-electron chi connectivity index (χ0n) is 7.42. The largest absolute Gasteiger partial charge is 0.441 e. The van der Waals surface area contributed by atoms with Gasteiger partial charge in [-0.3, -0.25) is 0 Å². The highest BCUT2D eigenvalue weighted by Crippen LogP contribution is 2.30. The highest BCUT2D eigenvalue weighted by atomic mass is 79.9. The maximum absolute atomic E-state index is 13.2. The molecule has 1 aromatic carbocycles. The van der Waals surface area contributed by atoms with Crippen LogP contribution in [0.3, 0.4) is 0 Å². The number of benzene rings is 1. The summed E-state index contributed by atoms with van der Waals surface area (Å²) < 4.78 is 18.9. The van der Waals surface area contributed by atoms with Crippen molar-refractivity contribution in [2.45, 2.75) is 6.92 Å². The molecule has 0 saturated carbocycles. The van der Waals surface area contributed by atoms with E-state index in [0.29, 0.717) is 21.7 Å². The number of halogens is 2. The lowest BCUT2D eigenvalue weighted by molar-refractivity contribution is 0.533. The minimum absolute atomic E-state index is 0.309. The number of aromatic nitrogens is 1. The highest BCUT2D eigenvalue weighted by Gasteiger charge is 2.10. The second-order valence-electron chi connectivity index (χ2n) is 2.84. The van der Waals surface area contributed by atoms with E-state index in [-0.39, 0.29) is 5.82 Å². The Morgan fingerprint density at radius 2 is 2.21 bits per heavy atom. The molecule has 0 spiro atoms. The van der Waals surface area contributed by atoms with Crippen LogP contribution in [0.15, 0.2) is 33.3 Å². The summed E-state index contributed by atoms with van der Waals surface area (Å²) in [5.41, 5.74) is 0.672. The van der Waals surface area contributed by atoms with Gasteiger partial charge in [-0.15, -0.1) is 0 Å². The summed E-state index contributed by atoms with van der Waals surface area (Å²) in [7, 11) is 0. The molecule has 2 nitrogen and oxygen atoms in total. The molecule has 72 valence electrons. The van der Waals surface area contributed by atoms with Gasteiger partial charge in [0.05, 0.1) is 10.7 Å². The van der Waals surface area contributed by atoms with Crippen molar-refractivity contribution in [3.05, 3.63) is 40.6 Å². The van der Waals surface area contributed by atoms with Gasteiger partial charge in [0.1, 0.15) is 5.82 Å². The molecule has 4 heteroatoms. The number of rotatable bonds is 1. The fourth-order valence-electron chi connectivity index (χ4n) is 1.18. The van der Waals surface area contributed by atoms with Gasteiger partial charge in [-0.1, -0.05) is 6.07 Å². The van der Waals surface area contributed by atoms with Gasteiger partial charge in [0.15, 0.2) is 11.7 Å². The third-order valence-corrected chi connectivity index (χ3v) is 2.64. The minimum Gasteiger partial charge on any atom is -0.441 e. The van der Waals surface area contributed by atoms with Crippen LogP contribution in [0.4, 0.5) is 4.39 Å². The Balaban J connectivity index is 2.57. The molecule has 0 bridgehead atoms. The highest BCUT2D eigenvalue weighted by molar-refractivity contribution is 9.10. The Kier molecular flexibility index (Phi) is 2.37. The van der Waals surface area contributed by atoms with E-state index < -0.39 is 0 Å². The third kappa shape index (κ3) is 1.57. The zero-order chi connectivity index (χ0) is 10.1. The van der Waals surface area contributed by atoms with E-state index in [1.165, 1.54) is 6.07 Å². The summed E-state index contributed by atoms with van der Waals surface area (Å²) in [6, 6.07) is 4.79. The SMILES string of the molecule is Cc1ncc(-c2cccc(F)c2Br)o1. The fourth-order valence-corrected chi connectivity index (χ4v) is 1.64. The number of aryl methyl sites for hydroxylation is 1. The lowest BCUT2D eigenvalue weighted by atomic mass is 10.2. The van der Waals surface area contributed by atoms with Crippen LogP contribution in [0.25, 0.3) is 11.3 Å². The monoisotopic (exact) mass is 255 g/mol. The van der Waals surface area contributed by atoms with E-state index in [0.717, 1.165) is 0 Å². The van der Waals surface area contributed by atoms with Crippen molar-refractivity contribution in [2.24, 2.45) is 0 Å². The van der Waals surface area contributed by atoms with E-state index in [4.69, 9.17) is 4.42 Å². The smallest absolute Gasteiger partial charge is 0.191 e. The van der Waals surface area contributed by atoms with E-state index in [2.05, 4.69) is 20.9 Å². The first kappa shape index (κ1) is 9.40. The Morgan fingerprint density at radius 1 is 1.43 bits per heavy atom. The molecule has 0 atom stereocenters. The average molecular weight is 256 g/mol. The molecule has 2 rings (SSSR count). The topological polar surface area (TPSA) is 26.0 Å². The Labute approximate surface area is 88.9 Å². The van der Waals surface area contributed by atoms with Crippen LogP contribution >= 0.6 is 15.9 Å². The molecule has 2 aromatic rings. The predicted octanol–water partition coefficient (Wildman–Crippen LogP) is 3.55. The van der Waals surface area contributed by atoms with Crippen molar-refractivity contribution in [3.63, 3.8) is 0 Å². The molecule has 0 N–H and O–H groups in total. The van der Waals surface area contributed by atoms with Crippen LogP contribution < -0.4 is 0 Å². The van der Waals surface area contributed by atoms with Crippen molar-refractivity contribution in [2.75, 3.05) is 0 Å². The zero-order valence-corrected chi connectivity index (χ0v) is 9.01. The van der Waals surface area contributed by atoms with Crippen molar-refractivity contribution >= 4 is 15.9 Å². The molecule has 0 aliphatic carbocycles. The van der Waals surface area contributed by atoms with Crippen molar-refractivity contribution < 1.29 is 8.81 Å². The molecule has 0 amide bonds. The number of oxazole rings is 1. The van der Waals surface area contributed by atoms with Gasteiger partial charge < -0.3 is 4.42 Å². The average Bonchev–Trinajstić information content (AvgIpc) is 2.57. The molecule has 1 heterocycles. The molecule has 0 fully saturated rings. The third-order valence-electron chi connectivity index (χ3n) is 1.84. The maximum Gasteiger partial charge on any atom is 0.191 e. The first-order valence-corrected chi connectivity index (χ1v) is 4.84. The minimum atomic E-state index is -0.309. The van der Waals surface area contributed by atoms with Crippen LogP contribution in [0.5, 0.6) is 0 Å². The van der Waals surface area contributed by atoms with Crippen LogP contribution in [0.2, 0.25) is 0 Å². The van der Waals surface area contributed by atoms with Crippen LogP contribution in [0.1, 0.15) is 5.89 Å². The lowest BCUT2D eigenvalue weighted by Gasteiger charge is -2.00. The van der Waals surface area contributed by atoms with Gasteiger partial charge in [-0.2, -0.15) is 0 Å². The van der Waals surface area contributed by atoms with Gasteiger partial charge in [-0.05, 0) is 28.1 Å². The van der Waals surface area contributed by atoms with E-state index in [1.54, 1.807) is 25.3 Å². The summed E-state index contributed by atoms with van der Waals surface area (Å²) >= 11 is 3.16. The van der Waals surface area contributed by atoms with Crippen molar-refractivity contribution in [3.8, 4) is 11.3 Å². The molecule has 0 saturated heterocycles. The predicted molar refractivity (Wildman–Crippen MR) is 54.3 cm³/mol. The van der Waals surface area contributed by atoms with E-state index in [1.807, 2.05) is 0 Å². The quantitative estimate of drug-likeness (QED) is 0.779. The van der Waals surface area contributed by atoms with E-state index >= 15 is 0 Å². The molecule has 1 aromatic heterocycles. The summed E-state index contributed by atoms with van der Waals surface area (Å²) in [5, 5.41) is 0. The molecule has 0 radical (unpaired) electrons. The summed E-state index contributed by atoms with van der Waals surface area (Å²) in [4.78, 5) is 3.95. The summed E-state index contributed by atoms with van der Waals surface area (Å²) in [6.45, 7) is 1.75. The molecule has 0 unspecified atom stereocenters. The molecule has 14 heavy (non-hydrogen) atoms. The van der Waals surface area contributed by atoms with Gasteiger partial charge in [0, 0.05) is 12.5 Å². The first-order chi connectivity index (χ1) is 6.68. The first-order valence-electron chi connectivity index (χ1n) is 4.05. The fraction of sp³-hybridized carbons (Fsp3) is 0.100. The molecular weight excluding hydrogens is 249 g/mol. The van der Waals surface area contributed by atoms with Crippen molar-refractivity contribution in [1.82, 2.24) is 4.98 Å².